The monoisotopic (exact) mass is 345 g/mol. The van der Waals surface area contributed by atoms with Gasteiger partial charge in [0.25, 0.3) is 0 Å². The summed E-state index contributed by atoms with van der Waals surface area (Å²) >= 11 is 3.46. The third kappa shape index (κ3) is 4.08. The maximum absolute atomic E-state index is 5.83. The Morgan fingerprint density at radius 2 is 1.43 bits per heavy atom. The van der Waals surface area contributed by atoms with Crippen LogP contribution in [0.3, 0.4) is 0 Å². The highest BCUT2D eigenvalue weighted by atomic mass is 79.9. The highest BCUT2D eigenvalue weighted by Gasteiger charge is 2.10. The smallest absolute Gasteiger partial charge is 0.119 e. The van der Waals surface area contributed by atoms with Crippen molar-refractivity contribution in [1.82, 2.24) is 4.90 Å². The third-order valence-electron chi connectivity index (χ3n) is 3.91. The van der Waals surface area contributed by atoms with Gasteiger partial charge in [-0.2, -0.15) is 0 Å². The van der Waals surface area contributed by atoms with Crippen LogP contribution in [-0.2, 0) is 0 Å². The minimum absolute atomic E-state index is 0.775. The van der Waals surface area contributed by atoms with E-state index >= 15 is 0 Å². The van der Waals surface area contributed by atoms with Crippen LogP contribution >= 0.6 is 15.9 Å². The van der Waals surface area contributed by atoms with Crippen molar-refractivity contribution in [2.45, 2.75) is 12.8 Å². The zero-order valence-corrected chi connectivity index (χ0v) is 13.7. The average Bonchev–Trinajstić information content (AvgIpc) is 3.02. The normalized spacial score (nSPS) is 15.3. The molecule has 1 aliphatic heterocycles. The number of rotatable bonds is 5. The zero-order valence-electron chi connectivity index (χ0n) is 12.1. The second-order valence-electron chi connectivity index (χ2n) is 5.43. The van der Waals surface area contributed by atoms with Crippen LogP contribution in [0.4, 0.5) is 0 Å². The summed E-state index contributed by atoms with van der Waals surface area (Å²) in [6.45, 7) is 4.27. The van der Waals surface area contributed by atoms with Crippen LogP contribution < -0.4 is 4.74 Å². The maximum atomic E-state index is 5.83. The first kappa shape index (κ1) is 14.6. The van der Waals surface area contributed by atoms with Gasteiger partial charge in [-0.25, -0.2) is 0 Å². The minimum atomic E-state index is 0.775. The van der Waals surface area contributed by atoms with E-state index in [1.54, 1.807) is 0 Å². The summed E-state index contributed by atoms with van der Waals surface area (Å²) in [6, 6.07) is 16.7. The van der Waals surface area contributed by atoms with Crippen LogP contribution in [0.25, 0.3) is 11.1 Å². The second kappa shape index (κ2) is 7.10. The number of hydrogen-bond donors (Lipinski definition) is 0. The van der Waals surface area contributed by atoms with E-state index in [9.17, 15) is 0 Å². The molecule has 0 N–H and O–H groups in total. The van der Waals surface area contributed by atoms with Crippen LogP contribution in [0.5, 0.6) is 5.75 Å². The molecule has 0 radical (unpaired) electrons. The Hall–Kier alpha value is -1.32. The lowest BCUT2D eigenvalue weighted by Gasteiger charge is -2.15. The van der Waals surface area contributed by atoms with E-state index in [1.165, 1.54) is 37.1 Å². The first-order valence-corrected chi connectivity index (χ1v) is 8.32. The van der Waals surface area contributed by atoms with Gasteiger partial charge in [0, 0.05) is 11.0 Å². The highest BCUT2D eigenvalue weighted by Crippen LogP contribution is 2.24. The van der Waals surface area contributed by atoms with Crippen LogP contribution in [0, 0.1) is 0 Å². The van der Waals surface area contributed by atoms with Gasteiger partial charge in [0.1, 0.15) is 12.4 Å². The fraction of sp³-hybridized carbons (Fsp3) is 0.333. The number of hydrogen-bond acceptors (Lipinski definition) is 2. The summed E-state index contributed by atoms with van der Waals surface area (Å²) in [5.74, 6) is 0.954. The fourth-order valence-corrected chi connectivity index (χ4v) is 2.95. The summed E-state index contributed by atoms with van der Waals surface area (Å²) in [4.78, 5) is 2.47. The molecule has 1 aliphatic rings. The Bertz CT molecular complexity index is 559. The fourth-order valence-electron chi connectivity index (χ4n) is 2.68. The Morgan fingerprint density at radius 1 is 0.857 bits per heavy atom. The first-order chi connectivity index (χ1) is 10.3. The van der Waals surface area contributed by atoms with Crippen molar-refractivity contribution in [2.24, 2.45) is 0 Å². The molecule has 0 atom stereocenters. The minimum Gasteiger partial charge on any atom is -0.492 e. The Morgan fingerprint density at radius 3 is 2.05 bits per heavy atom. The zero-order chi connectivity index (χ0) is 14.5. The molecule has 0 spiro atoms. The van der Waals surface area contributed by atoms with Crippen molar-refractivity contribution in [1.29, 1.82) is 0 Å². The van der Waals surface area contributed by atoms with Gasteiger partial charge in [-0.3, -0.25) is 4.90 Å². The van der Waals surface area contributed by atoms with E-state index in [4.69, 9.17) is 4.74 Å². The molecule has 110 valence electrons. The van der Waals surface area contributed by atoms with Gasteiger partial charge in [0.05, 0.1) is 0 Å². The Balaban J connectivity index is 1.55. The summed E-state index contributed by atoms with van der Waals surface area (Å²) in [5, 5.41) is 0. The number of ether oxygens (including phenoxy) is 1. The molecule has 0 bridgehead atoms. The van der Waals surface area contributed by atoms with E-state index in [0.29, 0.717) is 0 Å². The standard InChI is InChI=1S/C18H20BrNO/c19-17-7-3-15(4-8-17)16-5-9-18(10-6-16)21-14-13-20-11-1-2-12-20/h3-10H,1-2,11-14H2. The van der Waals surface area contributed by atoms with Crippen molar-refractivity contribution in [3.63, 3.8) is 0 Å². The quantitative estimate of drug-likeness (QED) is 0.785. The molecule has 0 aromatic heterocycles. The van der Waals surface area contributed by atoms with Crippen LogP contribution in [0.2, 0.25) is 0 Å². The van der Waals surface area contributed by atoms with Crippen molar-refractivity contribution in [3.05, 3.63) is 53.0 Å². The summed E-state index contributed by atoms with van der Waals surface area (Å²) < 4.78 is 6.93. The van der Waals surface area contributed by atoms with E-state index < -0.39 is 0 Å². The Kier molecular flexibility index (Phi) is 4.94. The summed E-state index contributed by atoms with van der Waals surface area (Å²) in [7, 11) is 0. The van der Waals surface area contributed by atoms with Gasteiger partial charge in [0.2, 0.25) is 0 Å². The molecular formula is C18H20BrNO. The predicted molar refractivity (Wildman–Crippen MR) is 90.7 cm³/mol. The predicted octanol–water partition coefficient (Wildman–Crippen LogP) is 4.59. The molecule has 1 saturated heterocycles. The molecule has 3 heteroatoms. The maximum Gasteiger partial charge on any atom is 0.119 e. The highest BCUT2D eigenvalue weighted by molar-refractivity contribution is 9.10. The molecule has 2 aromatic carbocycles. The van der Waals surface area contributed by atoms with Gasteiger partial charge < -0.3 is 4.74 Å². The molecule has 0 aliphatic carbocycles. The van der Waals surface area contributed by atoms with Crippen LogP contribution in [-0.4, -0.2) is 31.1 Å². The molecule has 0 unspecified atom stereocenters. The molecule has 0 amide bonds. The second-order valence-corrected chi connectivity index (χ2v) is 6.34. The number of benzene rings is 2. The summed E-state index contributed by atoms with van der Waals surface area (Å²) in [5.41, 5.74) is 2.44. The van der Waals surface area contributed by atoms with Gasteiger partial charge in [-0.05, 0) is 61.3 Å². The lowest BCUT2D eigenvalue weighted by molar-refractivity contribution is 0.238. The van der Waals surface area contributed by atoms with Crippen molar-refractivity contribution in [2.75, 3.05) is 26.2 Å². The first-order valence-electron chi connectivity index (χ1n) is 7.52. The number of likely N-dealkylation sites (tertiary alicyclic amines) is 1. The molecule has 1 fully saturated rings. The molecule has 3 rings (SSSR count). The average molecular weight is 346 g/mol. The van der Waals surface area contributed by atoms with Gasteiger partial charge in [-0.1, -0.05) is 40.2 Å². The largest absolute Gasteiger partial charge is 0.492 e. The molecule has 0 saturated carbocycles. The molecular weight excluding hydrogens is 326 g/mol. The van der Waals surface area contributed by atoms with Gasteiger partial charge in [0.15, 0.2) is 0 Å². The van der Waals surface area contributed by atoms with Crippen molar-refractivity contribution >= 4 is 15.9 Å². The van der Waals surface area contributed by atoms with Crippen molar-refractivity contribution < 1.29 is 4.74 Å². The van der Waals surface area contributed by atoms with Crippen LogP contribution in [0.1, 0.15) is 12.8 Å². The van der Waals surface area contributed by atoms with Gasteiger partial charge >= 0.3 is 0 Å². The molecule has 21 heavy (non-hydrogen) atoms. The molecule has 2 aromatic rings. The number of nitrogens with zero attached hydrogens (tertiary/aromatic N) is 1. The lowest BCUT2D eigenvalue weighted by atomic mass is 10.1. The number of halogens is 1. The van der Waals surface area contributed by atoms with Gasteiger partial charge in [-0.15, -0.1) is 0 Å². The van der Waals surface area contributed by atoms with E-state index in [2.05, 4.69) is 69.4 Å². The SMILES string of the molecule is Brc1ccc(-c2ccc(OCCN3CCCC3)cc2)cc1. The Labute approximate surface area is 134 Å². The molecule has 1 heterocycles. The van der Waals surface area contributed by atoms with Crippen molar-refractivity contribution in [3.8, 4) is 16.9 Å². The molecule has 2 nitrogen and oxygen atoms in total. The topological polar surface area (TPSA) is 12.5 Å². The third-order valence-corrected chi connectivity index (χ3v) is 4.44. The van der Waals surface area contributed by atoms with E-state index in [-0.39, 0.29) is 0 Å². The summed E-state index contributed by atoms with van der Waals surface area (Å²) in [6.07, 6.45) is 2.67. The lowest BCUT2D eigenvalue weighted by Crippen LogP contribution is -2.25. The van der Waals surface area contributed by atoms with Crippen LogP contribution in [0.15, 0.2) is 53.0 Å². The van der Waals surface area contributed by atoms with E-state index in [0.717, 1.165) is 23.4 Å². The van der Waals surface area contributed by atoms with E-state index in [1.807, 2.05) is 0 Å².